The van der Waals surface area contributed by atoms with Crippen molar-refractivity contribution in [1.29, 1.82) is 0 Å². The van der Waals surface area contributed by atoms with Crippen molar-refractivity contribution in [3.63, 3.8) is 0 Å². The summed E-state index contributed by atoms with van der Waals surface area (Å²) in [5.41, 5.74) is 0.958. The van der Waals surface area contributed by atoms with Gasteiger partial charge < -0.3 is 10.6 Å². The number of imidazole rings is 1. The molecule has 3 rings (SSSR count). The molecule has 0 unspecified atom stereocenters. The van der Waals surface area contributed by atoms with Gasteiger partial charge in [-0.15, -0.1) is 0 Å². The van der Waals surface area contributed by atoms with E-state index in [1.807, 2.05) is 22.9 Å². The third-order valence-corrected chi connectivity index (χ3v) is 4.00. The quantitative estimate of drug-likeness (QED) is 0.910. The average molecular weight is 299 g/mol. The molecule has 2 aromatic rings. The van der Waals surface area contributed by atoms with E-state index >= 15 is 0 Å². The number of amides is 2. The van der Waals surface area contributed by atoms with Crippen LogP contribution in [0.2, 0.25) is 0 Å². The van der Waals surface area contributed by atoms with Crippen LogP contribution in [-0.2, 0) is 6.54 Å². The van der Waals surface area contributed by atoms with Crippen molar-refractivity contribution in [1.82, 2.24) is 25.2 Å². The monoisotopic (exact) mass is 299 g/mol. The van der Waals surface area contributed by atoms with E-state index in [4.69, 9.17) is 0 Å². The van der Waals surface area contributed by atoms with Crippen molar-refractivity contribution >= 4 is 6.03 Å². The lowest BCUT2D eigenvalue weighted by Gasteiger charge is -2.23. The summed E-state index contributed by atoms with van der Waals surface area (Å²) in [6.07, 6.45) is 12.9. The van der Waals surface area contributed by atoms with Gasteiger partial charge in [0, 0.05) is 36.7 Å². The number of carbonyl (C=O) groups excluding carboxylic acids is 1. The van der Waals surface area contributed by atoms with Gasteiger partial charge in [-0.2, -0.15) is 0 Å². The maximum Gasteiger partial charge on any atom is 0.315 e. The molecule has 2 amide bonds. The normalized spacial score (nSPS) is 15.5. The largest absolute Gasteiger partial charge is 0.335 e. The molecule has 6 nitrogen and oxygen atoms in total. The highest BCUT2D eigenvalue weighted by Crippen LogP contribution is 2.17. The minimum Gasteiger partial charge on any atom is -0.335 e. The van der Waals surface area contributed by atoms with Gasteiger partial charge in [0.15, 0.2) is 0 Å². The number of aromatic nitrogens is 3. The Labute approximate surface area is 130 Å². The second-order valence-corrected chi connectivity index (χ2v) is 5.62. The molecule has 6 heteroatoms. The summed E-state index contributed by atoms with van der Waals surface area (Å²) in [6, 6.07) is 4.04. The van der Waals surface area contributed by atoms with E-state index < -0.39 is 0 Å². The summed E-state index contributed by atoms with van der Waals surface area (Å²) in [4.78, 5) is 20.4. The highest BCUT2D eigenvalue weighted by molar-refractivity contribution is 5.74. The van der Waals surface area contributed by atoms with Gasteiger partial charge in [-0.1, -0.05) is 25.3 Å². The number of hydrogen-bond acceptors (Lipinski definition) is 3. The number of nitrogens with zero attached hydrogens (tertiary/aromatic N) is 3. The third kappa shape index (κ3) is 3.63. The second kappa shape index (κ2) is 7.06. The van der Waals surface area contributed by atoms with Gasteiger partial charge in [-0.3, -0.25) is 4.57 Å². The number of hydrogen-bond donors (Lipinski definition) is 2. The molecule has 2 heterocycles. The second-order valence-electron chi connectivity index (χ2n) is 5.62. The van der Waals surface area contributed by atoms with E-state index in [0.29, 0.717) is 12.6 Å². The summed E-state index contributed by atoms with van der Waals surface area (Å²) in [5, 5.41) is 5.98. The lowest BCUT2D eigenvalue weighted by atomic mass is 9.96. The Morgan fingerprint density at radius 2 is 2.14 bits per heavy atom. The number of rotatable bonds is 4. The molecule has 0 radical (unpaired) electrons. The van der Waals surface area contributed by atoms with Crippen molar-refractivity contribution in [3.8, 4) is 5.82 Å². The Hall–Kier alpha value is -2.37. The fourth-order valence-electron chi connectivity index (χ4n) is 2.84. The predicted octanol–water partition coefficient (Wildman–Crippen LogP) is 2.40. The molecule has 2 aromatic heterocycles. The number of carbonyl (C=O) groups is 1. The standard InChI is InChI=1S/C16H21N5O/c22-16(20-14-6-2-1-3-7-14)19-11-13-5-4-8-18-15(13)21-10-9-17-12-21/h4-5,8-10,12,14H,1-3,6-7,11H2,(H2,19,20,22). The fourth-order valence-corrected chi connectivity index (χ4v) is 2.84. The summed E-state index contributed by atoms with van der Waals surface area (Å²) in [7, 11) is 0. The topological polar surface area (TPSA) is 71.8 Å². The van der Waals surface area contributed by atoms with Crippen LogP contribution in [0.25, 0.3) is 5.82 Å². The first-order valence-corrected chi connectivity index (χ1v) is 7.79. The lowest BCUT2D eigenvalue weighted by Crippen LogP contribution is -2.42. The van der Waals surface area contributed by atoms with Crippen LogP contribution < -0.4 is 10.6 Å². The number of nitrogens with one attached hydrogen (secondary N) is 2. The minimum atomic E-state index is -0.104. The number of urea groups is 1. The molecule has 0 saturated heterocycles. The minimum absolute atomic E-state index is 0.104. The van der Waals surface area contributed by atoms with Gasteiger partial charge in [0.2, 0.25) is 0 Å². The summed E-state index contributed by atoms with van der Waals surface area (Å²) < 4.78 is 1.84. The molecule has 0 aliphatic heterocycles. The van der Waals surface area contributed by atoms with E-state index in [1.54, 1.807) is 18.7 Å². The molecular formula is C16H21N5O. The molecule has 0 bridgehead atoms. The molecule has 1 saturated carbocycles. The highest BCUT2D eigenvalue weighted by atomic mass is 16.2. The molecular weight excluding hydrogens is 278 g/mol. The zero-order chi connectivity index (χ0) is 15.2. The van der Waals surface area contributed by atoms with Crippen molar-refractivity contribution in [2.75, 3.05) is 0 Å². The van der Waals surface area contributed by atoms with Crippen molar-refractivity contribution < 1.29 is 4.79 Å². The van der Waals surface area contributed by atoms with Gasteiger partial charge in [-0.25, -0.2) is 14.8 Å². The van der Waals surface area contributed by atoms with Gasteiger partial charge in [-0.05, 0) is 18.9 Å². The van der Waals surface area contributed by atoms with Crippen LogP contribution in [0.1, 0.15) is 37.7 Å². The van der Waals surface area contributed by atoms with E-state index in [1.165, 1.54) is 19.3 Å². The third-order valence-electron chi connectivity index (χ3n) is 4.00. The van der Waals surface area contributed by atoms with Crippen LogP contribution in [0.15, 0.2) is 37.1 Å². The van der Waals surface area contributed by atoms with Crippen LogP contribution in [0.5, 0.6) is 0 Å². The van der Waals surface area contributed by atoms with E-state index in [2.05, 4.69) is 20.6 Å². The first-order valence-electron chi connectivity index (χ1n) is 7.79. The van der Waals surface area contributed by atoms with Crippen LogP contribution in [0.3, 0.4) is 0 Å². The van der Waals surface area contributed by atoms with Gasteiger partial charge in [0.05, 0.1) is 0 Å². The maximum atomic E-state index is 12.0. The average Bonchev–Trinajstić information content (AvgIpc) is 3.08. The fraction of sp³-hybridized carbons (Fsp3) is 0.438. The Morgan fingerprint density at radius 1 is 1.27 bits per heavy atom. The van der Waals surface area contributed by atoms with E-state index in [-0.39, 0.29) is 6.03 Å². The summed E-state index contributed by atoms with van der Waals surface area (Å²) in [6.45, 7) is 0.444. The van der Waals surface area contributed by atoms with E-state index in [9.17, 15) is 4.79 Å². The molecule has 2 N–H and O–H groups in total. The molecule has 116 valence electrons. The van der Waals surface area contributed by atoms with Crippen molar-refractivity contribution in [2.24, 2.45) is 0 Å². The summed E-state index contributed by atoms with van der Waals surface area (Å²) in [5.74, 6) is 0.790. The van der Waals surface area contributed by atoms with Crippen LogP contribution in [-0.4, -0.2) is 26.6 Å². The van der Waals surface area contributed by atoms with Crippen molar-refractivity contribution in [3.05, 3.63) is 42.6 Å². The van der Waals surface area contributed by atoms with Crippen molar-refractivity contribution in [2.45, 2.75) is 44.7 Å². The molecule has 22 heavy (non-hydrogen) atoms. The Kier molecular flexibility index (Phi) is 4.68. The molecule has 1 aliphatic carbocycles. The highest BCUT2D eigenvalue weighted by Gasteiger charge is 2.15. The van der Waals surface area contributed by atoms with Crippen LogP contribution in [0, 0.1) is 0 Å². The van der Waals surface area contributed by atoms with Crippen LogP contribution >= 0.6 is 0 Å². The first-order chi connectivity index (χ1) is 10.8. The predicted molar refractivity (Wildman–Crippen MR) is 83.6 cm³/mol. The van der Waals surface area contributed by atoms with Gasteiger partial charge in [0.25, 0.3) is 0 Å². The van der Waals surface area contributed by atoms with Gasteiger partial charge >= 0.3 is 6.03 Å². The molecule has 1 fully saturated rings. The molecule has 0 atom stereocenters. The SMILES string of the molecule is O=C(NCc1cccnc1-n1ccnc1)NC1CCCCC1. The summed E-state index contributed by atoms with van der Waals surface area (Å²) >= 11 is 0. The Bertz CT molecular complexity index is 605. The number of pyridine rings is 1. The molecule has 1 aliphatic rings. The van der Waals surface area contributed by atoms with Crippen LogP contribution in [0.4, 0.5) is 4.79 Å². The Morgan fingerprint density at radius 3 is 2.91 bits per heavy atom. The van der Waals surface area contributed by atoms with E-state index in [0.717, 1.165) is 24.2 Å². The molecule has 0 aromatic carbocycles. The smallest absolute Gasteiger partial charge is 0.315 e. The lowest BCUT2D eigenvalue weighted by molar-refractivity contribution is 0.232. The maximum absolute atomic E-state index is 12.0. The molecule has 0 spiro atoms. The zero-order valence-electron chi connectivity index (χ0n) is 12.5. The zero-order valence-corrected chi connectivity index (χ0v) is 12.5. The van der Waals surface area contributed by atoms with Gasteiger partial charge in [0.1, 0.15) is 12.1 Å². The Balaban J connectivity index is 1.58. The first kappa shape index (κ1) is 14.6.